The van der Waals surface area contributed by atoms with Crippen molar-refractivity contribution >= 4 is 28.5 Å². The highest BCUT2D eigenvalue weighted by molar-refractivity contribution is 5.88. The second-order valence-corrected chi connectivity index (χ2v) is 9.32. The fourth-order valence-corrected chi connectivity index (χ4v) is 5.97. The Kier molecular flexibility index (Phi) is 3.87. The highest BCUT2D eigenvalue weighted by Gasteiger charge is 2.64. The number of carbonyl (C=O) groups is 1. The first-order valence-corrected chi connectivity index (χ1v) is 10.9. The van der Waals surface area contributed by atoms with Gasteiger partial charge in [-0.15, -0.1) is 0 Å². The van der Waals surface area contributed by atoms with Crippen LogP contribution in [-0.2, 0) is 4.79 Å². The number of carboxylic acids is 1. The molecule has 3 unspecified atom stereocenters. The van der Waals surface area contributed by atoms with Crippen molar-refractivity contribution in [3.8, 4) is 5.69 Å². The van der Waals surface area contributed by atoms with E-state index in [0.717, 1.165) is 37.9 Å². The van der Waals surface area contributed by atoms with Gasteiger partial charge in [0.05, 0.1) is 23.5 Å². The average Bonchev–Trinajstić information content (AvgIpc) is 3.40. The van der Waals surface area contributed by atoms with E-state index in [1.54, 1.807) is 13.1 Å². The number of anilines is 2. The normalized spacial score (nSPS) is 28.4. The monoisotopic (exact) mass is 433 g/mol. The molecule has 3 N–H and O–H groups in total. The third-order valence-corrected chi connectivity index (χ3v) is 7.51. The number of hydrogen-bond acceptors (Lipinski definition) is 8. The molecule has 3 aliphatic rings. The third-order valence-electron chi connectivity index (χ3n) is 7.51. The summed E-state index contributed by atoms with van der Waals surface area (Å²) in [5, 5.41) is 14.1. The molecule has 2 bridgehead atoms. The Bertz CT molecular complexity index is 1310. The number of fused-ring (bicyclic) bond motifs is 3. The average molecular weight is 433 g/mol. The first-order chi connectivity index (χ1) is 15.4. The summed E-state index contributed by atoms with van der Waals surface area (Å²) in [6.45, 7) is 1.77. The number of nitrogens with zero attached hydrogens (tertiary/aromatic N) is 6. The van der Waals surface area contributed by atoms with E-state index in [0.29, 0.717) is 29.0 Å². The maximum absolute atomic E-state index is 13.0. The Labute approximate surface area is 183 Å². The Morgan fingerprint density at radius 2 is 1.91 bits per heavy atom. The Morgan fingerprint density at radius 3 is 2.53 bits per heavy atom. The maximum Gasteiger partial charge on any atom is 0.307 e. The largest absolute Gasteiger partial charge is 0.481 e. The molecule has 0 aromatic carbocycles. The van der Waals surface area contributed by atoms with Crippen LogP contribution in [0.5, 0.6) is 0 Å². The summed E-state index contributed by atoms with van der Waals surface area (Å²) in [5.74, 6) is 0.142. The molecule has 10 nitrogen and oxygen atoms in total. The first-order valence-electron chi connectivity index (χ1n) is 10.9. The number of aliphatic carboxylic acids is 1. The molecule has 5 heterocycles. The molecule has 0 radical (unpaired) electrons. The second-order valence-electron chi connectivity index (χ2n) is 9.32. The van der Waals surface area contributed by atoms with E-state index >= 15 is 0 Å². The van der Waals surface area contributed by atoms with E-state index in [2.05, 4.69) is 25.0 Å². The summed E-state index contributed by atoms with van der Waals surface area (Å²) in [6.07, 6.45) is 7.72. The van der Waals surface area contributed by atoms with Crippen molar-refractivity contribution in [2.45, 2.75) is 51.1 Å². The minimum absolute atomic E-state index is 0.0179. The van der Waals surface area contributed by atoms with Gasteiger partial charge in [0.2, 0.25) is 0 Å². The number of aromatic nitrogens is 5. The first kappa shape index (κ1) is 19.1. The van der Waals surface area contributed by atoms with Crippen molar-refractivity contribution < 1.29 is 9.90 Å². The van der Waals surface area contributed by atoms with Gasteiger partial charge in [0.25, 0.3) is 5.56 Å². The predicted molar refractivity (Wildman–Crippen MR) is 117 cm³/mol. The fourth-order valence-electron chi connectivity index (χ4n) is 5.97. The van der Waals surface area contributed by atoms with Crippen molar-refractivity contribution in [1.29, 1.82) is 0 Å². The van der Waals surface area contributed by atoms with E-state index in [1.165, 1.54) is 11.0 Å². The minimum atomic E-state index is -0.657. The molecule has 3 fully saturated rings. The summed E-state index contributed by atoms with van der Waals surface area (Å²) in [4.78, 5) is 39.6. The molecule has 3 aromatic heterocycles. The van der Waals surface area contributed by atoms with E-state index < -0.39 is 5.97 Å². The number of piperidine rings is 1. The molecular weight excluding hydrogens is 410 g/mol. The van der Waals surface area contributed by atoms with Crippen molar-refractivity contribution in [2.75, 3.05) is 10.6 Å². The highest BCUT2D eigenvalue weighted by Crippen LogP contribution is 2.64. The summed E-state index contributed by atoms with van der Waals surface area (Å²) in [5.41, 5.74) is 7.10. The topological polar surface area (TPSA) is 140 Å². The number of nitrogens with two attached hydrogens (primary N) is 1. The number of rotatable bonds is 3. The van der Waals surface area contributed by atoms with Crippen LogP contribution >= 0.6 is 0 Å². The van der Waals surface area contributed by atoms with Crippen LogP contribution in [0.25, 0.3) is 16.6 Å². The van der Waals surface area contributed by atoms with Gasteiger partial charge >= 0.3 is 5.97 Å². The molecule has 1 saturated carbocycles. The van der Waals surface area contributed by atoms with E-state index in [1.807, 2.05) is 12.1 Å². The van der Waals surface area contributed by atoms with E-state index in [9.17, 15) is 14.7 Å². The number of aryl methyl sites for hydroxylation is 1. The highest BCUT2D eigenvalue weighted by atomic mass is 16.4. The predicted octanol–water partition coefficient (Wildman–Crippen LogP) is 1.68. The molecule has 32 heavy (non-hydrogen) atoms. The molecule has 0 amide bonds. The number of carboxylic acid groups (broad SMARTS) is 1. The summed E-state index contributed by atoms with van der Waals surface area (Å²) < 4.78 is 1.29. The smallest absolute Gasteiger partial charge is 0.307 e. The van der Waals surface area contributed by atoms with Gasteiger partial charge in [-0.05, 0) is 56.6 Å². The zero-order valence-corrected chi connectivity index (χ0v) is 17.6. The molecule has 3 atom stereocenters. The van der Waals surface area contributed by atoms with Gasteiger partial charge in [-0.2, -0.15) is 9.78 Å². The molecular formula is C22H23N7O3. The number of nitrogen functional groups attached to an aromatic ring is 1. The van der Waals surface area contributed by atoms with Gasteiger partial charge < -0.3 is 15.7 Å². The van der Waals surface area contributed by atoms with E-state index in [-0.39, 0.29) is 28.1 Å². The van der Waals surface area contributed by atoms with Crippen LogP contribution in [-0.4, -0.2) is 47.9 Å². The van der Waals surface area contributed by atoms with Crippen LogP contribution in [0.3, 0.4) is 0 Å². The summed E-state index contributed by atoms with van der Waals surface area (Å²) in [7, 11) is 0. The molecule has 2 aliphatic heterocycles. The number of pyridine rings is 1. The zero-order chi connectivity index (χ0) is 22.2. The Hall–Kier alpha value is -3.56. The van der Waals surface area contributed by atoms with Gasteiger partial charge in [-0.25, -0.2) is 15.0 Å². The zero-order valence-electron chi connectivity index (χ0n) is 17.6. The lowest BCUT2D eigenvalue weighted by molar-refractivity contribution is -0.139. The van der Waals surface area contributed by atoms with E-state index in [4.69, 9.17) is 5.73 Å². The van der Waals surface area contributed by atoms with Crippen LogP contribution in [0.1, 0.15) is 37.8 Å². The molecule has 6 rings (SSSR count). The summed E-state index contributed by atoms with van der Waals surface area (Å²) >= 11 is 0. The lowest BCUT2D eigenvalue weighted by Crippen LogP contribution is -2.45. The van der Waals surface area contributed by atoms with Crippen LogP contribution in [0.2, 0.25) is 0 Å². The van der Waals surface area contributed by atoms with Crippen LogP contribution in [0.4, 0.5) is 11.6 Å². The molecule has 10 heteroatoms. The molecule has 2 saturated heterocycles. The Balaban J connectivity index is 1.32. The van der Waals surface area contributed by atoms with Crippen molar-refractivity contribution in [2.24, 2.45) is 11.3 Å². The summed E-state index contributed by atoms with van der Waals surface area (Å²) in [6, 6.07) is 4.39. The SMILES string of the molecule is Cc1nn(-c2ccc(N3C4CCC3CC3(C4)CC3C(=O)O)nc2)c(=O)c2c(N)ncnc12. The fraction of sp³-hybridized carbons (Fsp3) is 0.455. The second kappa shape index (κ2) is 6.47. The molecule has 3 aromatic rings. The van der Waals surface area contributed by atoms with Crippen molar-refractivity contribution in [3.63, 3.8) is 0 Å². The van der Waals surface area contributed by atoms with Gasteiger partial charge in [0, 0.05) is 12.1 Å². The van der Waals surface area contributed by atoms with Crippen molar-refractivity contribution in [3.05, 3.63) is 40.7 Å². The standard InChI is InChI=1S/C22H23N7O3/c1-11-18-17(19(23)26-10-25-18)20(30)29(27-11)14-4-5-16(24-9-14)28-12-2-3-13(28)7-22(6-12)8-15(22)21(31)32/h4-5,9-10,12-13,15H,2-3,6-8H2,1H3,(H,31,32)(H2,23,25,26). The molecule has 1 spiro atoms. The minimum Gasteiger partial charge on any atom is -0.481 e. The van der Waals surface area contributed by atoms with Gasteiger partial charge in [0.15, 0.2) is 0 Å². The van der Waals surface area contributed by atoms with Gasteiger partial charge in [0.1, 0.15) is 28.9 Å². The van der Waals surface area contributed by atoms with Crippen molar-refractivity contribution in [1.82, 2.24) is 24.7 Å². The maximum atomic E-state index is 13.0. The number of hydrogen-bond donors (Lipinski definition) is 2. The van der Waals surface area contributed by atoms with Crippen LogP contribution < -0.4 is 16.2 Å². The lowest BCUT2D eigenvalue weighted by atomic mass is 9.85. The quantitative estimate of drug-likeness (QED) is 0.631. The lowest BCUT2D eigenvalue weighted by Gasteiger charge is -2.40. The van der Waals surface area contributed by atoms with Gasteiger partial charge in [-0.3, -0.25) is 9.59 Å². The molecule has 164 valence electrons. The molecule has 1 aliphatic carbocycles. The Morgan fingerprint density at radius 1 is 1.16 bits per heavy atom. The van der Waals surface area contributed by atoms with Crippen LogP contribution in [0, 0.1) is 18.3 Å². The van der Waals surface area contributed by atoms with Gasteiger partial charge in [-0.1, -0.05) is 0 Å². The third kappa shape index (κ3) is 2.64. The van der Waals surface area contributed by atoms with Crippen LogP contribution in [0.15, 0.2) is 29.5 Å².